The summed E-state index contributed by atoms with van der Waals surface area (Å²) < 4.78 is 5.78. The number of likely N-dealkylation sites (N-methyl/N-ethyl adjacent to an activating group) is 1. The number of nitrogens with zero attached hydrogens (tertiary/aromatic N) is 2. The zero-order chi connectivity index (χ0) is 18.8. The Balaban J connectivity index is 1.80. The van der Waals surface area contributed by atoms with Crippen molar-refractivity contribution < 1.29 is 4.74 Å². The summed E-state index contributed by atoms with van der Waals surface area (Å²) in [4.78, 5) is 6.77. The van der Waals surface area contributed by atoms with Gasteiger partial charge in [-0.3, -0.25) is 4.99 Å². The van der Waals surface area contributed by atoms with Crippen LogP contribution in [0.3, 0.4) is 0 Å². The minimum Gasteiger partial charge on any atom is -0.381 e. The van der Waals surface area contributed by atoms with Gasteiger partial charge in [0.1, 0.15) is 0 Å². The van der Waals surface area contributed by atoms with Gasteiger partial charge in [0, 0.05) is 56.9 Å². The standard InChI is InChI=1S/C20H34N4OS/c1-5-24(18-8-6-7-17(2)15-18)12-11-22-19(21-3)23-16-20(26-4)9-13-25-14-10-20/h6-8,15H,5,9-14,16H2,1-4H3,(H2,21,22,23). The zero-order valence-electron chi connectivity index (χ0n) is 16.7. The van der Waals surface area contributed by atoms with Crippen molar-refractivity contribution in [1.29, 1.82) is 0 Å². The van der Waals surface area contributed by atoms with E-state index in [4.69, 9.17) is 4.74 Å². The molecule has 2 N–H and O–H groups in total. The van der Waals surface area contributed by atoms with Crippen molar-refractivity contribution in [3.8, 4) is 0 Å². The van der Waals surface area contributed by atoms with Crippen molar-refractivity contribution in [3.63, 3.8) is 0 Å². The normalized spacial score (nSPS) is 17.0. The highest BCUT2D eigenvalue weighted by molar-refractivity contribution is 8.00. The van der Waals surface area contributed by atoms with Gasteiger partial charge < -0.3 is 20.3 Å². The molecule has 0 unspecified atom stereocenters. The largest absolute Gasteiger partial charge is 0.381 e. The van der Waals surface area contributed by atoms with E-state index in [1.807, 2.05) is 18.8 Å². The molecule has 26 heavy (non-hydrogen) atoms. The highest BCUT2D eigenvalue weighted by Crippen LogP contribution is 2.32. The Labute approximate surface area is 163 Å². The molecule has 1 heterocycles. The van der Waals surface area contributed by atoms with Crippen LogP contribution in [0, 0.1) is 6.92 Å². The Morgan fingerprint density at radius 2 is 2.08 bits per heavy atom. The maximum Gasteiger partial charge on any atom is 0.191 e. The Hall–Kier alpha value is -1.40. The highest BCUT2D eigenvalue weighted by atomic mass is 32.2. The number of aryl methyl sites for hydroxylation is 1. The summed E-state index contributed by atoms with van der Waals surface area (Å²) in [5.41, 5.74) is 2.57. The predicted molar refractivity (Wildman–Crippen MR) is 115 cm³/mol. The molecular formula is C20H34N4OS. The van der Waals surface area contributed by atoms with Crippen LogP contribution in [0.2, 0.25) is 0 Å². The topological polar surface area (TPSA) is 48.9 Å². The third-order valence-corrected chi connectivity index (χ3v) is 6.48. The van der Waals surface area contributed by atoms with E-state index in [0.717, 1.165) is 58.2 Å². The quantitative estimate of drug-likeness (QED) is 0.538. The molecule has 5 nitrogen and oxygen atoms in total. The van der Waals surface area contributed by atoms with E-state index in [1.54, 1.807) is 0 Å². The minimum atomic E-state index is 0.257. The van der Waals surface area contributed by atoms with Gasteiger partial charge in [0.25, 0.3) is 0 Å². The molecule has 0 bridgehead atoms. The van der Waals surface area contributed by atoms with Crippen molar-refractivity contribution >= 4 is 23.4 Å². The molecule has 0 amide bonds. The average Bonchev–Trinajstić information content (AvgIpc) is 2.68. The highest BCUT2D eigenvalue weighted by Gasteiger charge is 2.31. The second-order valence-electron chi connectivity index (χ2n) is 6.77. The first-order valence-electron chi connectivity index (χ1n) is 9.51. The molecule has 1 aromatic rings. The lowest BCUT2D eigenvalue weighted by atomic mass is 9.99. The van der Waals surface area contributed by atoms with Gasteiger partial charge in [-0.05, 0) is 50.6 Å². The fraction of sp³-hybridized carbons (Fsp3) is 0.650. The average molecular weight is 379 g/mol. The summed E-state index contributed by atoms with van der Waals surface area (Å²) >= 11 is 1.94. The zero-order valence-corrected chi connectivity index (χ0v) is 17.5. The van der Waals surface area contributed by atoms with Crippen LogP contribution >= 0.6 is 11.8 Å². The van der Waals surface area contributed by atoms with Crippen molar-refractivity contribution in [3.05, 3.63) is 29.8 Å². The number of aliphatic imine (C=N–C) groups is 1. The number of rotatable bonds is 8. The molecule has 146 valence electrons. The van der Waals surface area contributed by atoms with Crippen molar-refractivity contribution in [2.24, 2.45) is 4.99 Å². The summed E-state index contributed by atoms with van der Waals surface area (Å²) in [5, 5.41) is 6.97. The van der Waals surface area contributed by atoms with Crippen LogP contribution < -0.4 is 15.5 Å². The van der Waals surface area contributed by atoms with Gasteiger partial charge in [-0.25, -0.2) is 0 Å². The van der Waals surface area contributed by atoms with Gasteiger partial charge in [0.15, 0.2) is 5.96 Å². The van der Waals surface area contributed by atoms with E-state index < -0.39 is 0 Å². The molecule has 0 radical (unpaired) electrons. The molecule has 1 fully saturated rings. The van der Waals surface area contributed by atoms with Crippen LogP contribution in [0.15, 0.2) is 29.3 Å². The summed E-state index contributed by atoms with van der Waals surface area (Å²) in [6, 6.07) is 8.68. The lowest BCUT2D eigenvalue weighted by molar-refractivity contribution is 0.0783. The molecule has 0 aliphatic carbocycles. The molecule has 2 rings (SSSR count). The molecule has 0 saturated carbocycles. The van der Waals surface area contributed by atoms with Crippen LogP contribution in [0.25, 0.3) is 0 Å². The maximum atomic E-state index is 5.52. The van der Waals surface area contributed by atoms with Crippen LogP contribution in [0.4, 0.5) is 5.69 Å². The van der Waals surface area contributed by atoms with Crippen LogP contribution in [-0.4, -0.2) is 63.4 Å². The Morgan fingerprint density at radius 1 is 1.31 bits per heavy atom. The van der Waals surface area contributed by atoms with Gasteiger partial charge >= 0.3 is 0 Å². The van der Waals surface area contributed by atoms with Crippen LogP contribution in [0.5, 0.6) is 0 Å². The molecule has 1 aliphatic heterocycles. The molecule has 0 atom stereocenters. The summed E-state index contributed by atoms with van der Waals surface area (Å²) in [5.74, 6) is 0.880. The van der Waals surface area contributed by atoms with Crippen molar-refractivity contribution in [2.45, 2.75) is 31.4 Å². The van der Waals surface area contributed by atoms with Crippen molar-refractivity contribution in [2.75, 3.05) is 57.6 Å². The Morgan fingerprint density at radius 3 is 2.69 bits per heavy atom. The van der Waals surface area contributed by atoms with Gasteiger partial charge in [-0.15, -0.1) is 0 Å². The van der Waals surface area contributed by atoms with E-state index in [0.29, 0.717) is 0 Å². The summed E-state index contributed by atoms with van der Waals surface area (Å²) in [6.45, 7) is 9.77. The second-order valence-corrected chi connectivity index (χ2v) is 8.04. The molecule has 0 aromatic heterocycles. The number of thioether (sulfide) groups is 1. The number of anilines is 1. The number of hydrogen-bond acceptors (Lipinski definition) is 4. The molecule has 1 aromatic carbocycles. The smallest absolute Gasteiger partial charge is 0.191 e. The fourth-order valence-corrected chi connectivity index (χ4v) is 4.06. The third-order valence-electron chi connectivity index (χ3n) is 5.06. The van der Waals surface area contributed by atoms with E-state index >= 15 is 0 Å². The Kier molecular flexibility index (Phi) is 8.59. The molecule has 1 saturated heterocycles. The summed E-state index contributed by atoms with van der Waals surface area (Å²) in [7, 11) is 1.84. The molecule has 6 heteroatoms. The lowest BCUT2D eigenvalue weighted by Crippen LogP contribution is -2.49. The molecule has 0 spiro atoms. The summed E-state index contributed by atoms with van der Waals surface area (Å²) in [6.07, 6.45) is 4.38. The first-order chi connectivity index (χ1) is 12.6. The van der Waals surface area contributed by atoms with Crippen LogP contribution in [-0.2, 0) is 4.74 Å². The first kappa shape index (κ1) is 20.9. The SMILES string of the molecule is CCN(CCNC(=NC)NCC1(SC)CCOCC1)c1cccc(C)c1. The monoisotopic (exact) mass is 378 g/mol. The fourth-order valence-electron chi connectivity index (χ4n) is 3.27. The van der Waals surface area contributed by atoms with E-state index in [2.05, 4.69) is 64.9 Å². The van der Waals surface area contributed by atoms with E-state index in [-0.39, 0.29) is 4.75 Å². The van der Waals surface area contributed by atoms with Gasteiger partial charge in [-0.2, -0.15) is 11.8 Å². The Bertz CT molecular complexity index is 573. The van der Waals surface area contributed by atoms with E-state index in [9.17, 15) is 0 Å². The predicted octanol–water partition coefficient (Wildman–Crippen LogP) is 2.90. The van der Waals surface area contributed by atoms with Crippen molar-refractivity contribution in [1.82, 2.24) is 10.6 Å². The van der Waals surface area contributed by atoms with Gasteiger partial charge in [0.05, 0.1) is 0 Å². The molecular weight excluding hydrogens is 344 g/mol. The number of nitrogens with one attached hydrogen (secondary N) is 2. The second kappa shape index (κ2) is 10.7. The molecule has 1 aliphatic rings. The maximum absolute atomic E-state index is 5.52. The lowest BCUT2D eigenvalue weighted by Gasteiger charge is -2.36. The number of ether oxygens (including phenoxy) is 1. The number of guanidine groups is 1. The third kappa shape index (κ3) is 6.09. The van der Waals surface area contributed by atoms with E-state index in [1.165, 1.54) is 11.3 Å². The number of benzene rings is 1. The van der Waals surface area contributed by atoms with Gasteiger partial charge in [-0.1, -0.05) is 12.1 Å². The minimum absolute atomic E-state index is 0.257. The van der Waals surface area contributed by atoms with Gasteiger partial charge in [0.2, 0.25) is 0 Å². The first-order valence-corrected chi connectivity index (χ1v) is 10.7. The van der Waals surface area contributed by atoms with Crippen LogP contribution in [0.1, 0.15) is 25.3 Å². The number of hydrogen-bond donors (Lipinski definition) is 2.